The largest absolute Gasteiger partial charge is 0.360 e. The summed E-state index contributed by atoms with van der Waals surface area (Å²) in [5.41, 5.74) is 1.54. The maximum Gasteiger partial charge on any atom is 0.253 e. The van der Waals surface area contributed by atoms with Crippen molar-refractivity contribution >= 4 is 23.5 Å². The molecule has 0 unspecified atom stereocenters. The first kappa shape index (κ1) is 20.2. The molecule has 0 spiro atoms. The molecule has 2 N–H and O–H groups in total. The summed E-state index contributed by atoms with van der Waals surface area (Å²) in [6, 6.07) is 8.03. The molecule has 1 atom stereocenters. The van der Waals surface area contributed by atoms with E-state index in [1.54, 1.807) is 46.1 Å². The number of rotatable bonds is 7. The van der Waals surface area contributed by atoms with Gasteiger partial charge in [-0.1, -0.05) is 17.3 Å². The molecule has 8 heteroatoms. The topological polar surface area (TPSA) is 105 Å². The van der Waals surface area contributed by atoms with Crippen LogP contribution in [0.2, 0.25) is 0 Å². The van der Waals surface area contributed by atoms with Crippen molar-refractivity contribution in [2.24, 2.45) is 0 Å². The highest BCUT2D eigenvalue weighted by Crippen LogP contribution is 2.09. The lowest BCUT2D eigenvalue weighted by Gasteiger charge is -2.13. The van der Waals surface area contributed by atoms with Crippen molar-refractivity contribution in [3.05, 3.63) is 47.2 Å². The summed E-state index contributed by atoms with van der Waals surface area (Å²) in [5, 5.41) is 8.90. The predicted octanol–water partition coefficient (Wildman–Crippen LogP) is 1.76. The first-order valence-electron chi connectivity index (χ1n) is 8.60. The lowest BCUT2D eigenvalue weighted by Crippen LogP contribution is -2.41. The van der Waals surface area contributed by atoms with Gasteiger partial charge in [0.15, 0.2) is 5.82 Å². The van der Waals surface area contributed by atoms with Crippen LogP contribution in [0.1, 0.15) is 35.0 Å². The highest BCUT2D eigenvalue weighted by molar-refractivity contribution is 5.96. The van der Waals surface area contributed by atoms with E-state index in [0.717, 1.165) is 5.56 Å². The van der Waals surface area contributed by atoms with Gasteiger partial charge in [-0.3, -0.25) is 14.4 Å². The van der Waals surface area contributed by atoms with E-state index in [4.69, 9.17) is 4.52 Å². The van der Waals surface area contributed by atoms with Crippen molar-refractivity contribution in [3.63, 3.8) is 0 Å². The van der Waals surface area contributed by atoms with E-state index in [1.165, 1.54) is 4.90 Å². The van der Waals surface area contributed by atoms with Crippen LogP contribution < -0.4 is 10.6 Å². The lowest BCUT2D eigenvalue weighted by molar-refractivity contribution is -0.126. The normalized spacial score (nSPS) is 11.6. The van der Waals surface area contributed by atoms with E-state index in [9.17, 15) is 14.4 Å². The zero-order chi connectivity index (χ0) is 20.0. The molecule has 8 nitrogen and oxygen atoms in total. The maximum absolute atomic E-state index is 12.1. The standard InChI is InChI=1S/C19H24N4O4/c1-12-11-16(22-27-12)21-18(25)13(2)20-17(24)10-7-14-5-8-15(9-6-14)19(26)23(3)4/h5-6,8-9,11,13H,7,10H2,1-4H3,(H,20,24)(H,21,22,25)/t13-/m1/s1. The molecule has 0 bridgehead atoms. The molecule has 27 heavy (non-hydrogen) atoms. The van der Waals surface area contributed by atoms with Crippen LogP contribution >= 0.6 is 0 Å². The number of hydrogen-bond donors (Lipinski definition) is 2. The van der Waals surface area contributed by atoms with Crippen molar-refractivity contribution in [2.75, 3.05) is 19.4 Å². The molecule has 0 saturated carbocycles. The summed E-state index contributed by atoms with van der Waals surface area (Å²) in [4.78, 5) is 37.5. The van der Waals surface area contributed by atoms with Crippen LogP contribution in [0.3, 0.4) is 0 Å². The second-order valence-corrected chi connectivity index (χ2v) is 6.50. The van der Waals surface area contributed by atoms with Gasteiger partial charge in [0.25, 0.3) is 5.91 Å². The van der Waals surface area contributed by atoms with Crippen LogP contribution in [0.5, 0.6) is 0 Å². The first-order valence-corrected chi connectivity index (χ1v) is 8.60. The van der Waals surface area contributed by atoms with Crippen molar-refractivity contribution in [1.82, 2.24) is 15.4 Å². The minimum absolute atomic E-state index is 0.0681. The van der Waals surface area contributed by atoms with Crippen LogP contribution in [0, 0.1) is 6.92 Å². The highest BCUT2D eigenvalue weighted by Gasteiger charge is 2.17. The van der Waals surface area contributed by atoms with Gasteiger partial charge in [0.1, 0.15) is 11.8 Å². The number of benzene rings is 1. The van der Waals surface area contributed by atoms with E-state index in [1.807, 2.05) is 12.1 Å². The van der Waals surface area contributed by atoms with Gasteiger partial charge in [0, 0.05) is 32.1 Å². The number of aromatic nitrogens is 1. The predicted molar refractivity (Wildman–Crippen MR) is 100 cm³/mol. The molecule has 0 aliphatic heterocycles. The third-order valence-electron chi connectivity index (χ3n) is 3.90. The third-order valence-corrected chi connectivity index (χ3v) is 3.90. The number of anilines is 1. The minimum atomic E-state index is -0.699. The van der Waals surface area contributed by atoms with E-state index in [-0.39, 0.29) is 24.1 Å². The maximum atomic E-state index is 12.1. The molecule has 2 rings (SSSR count). The van der Waals surface area contributed by atoms with Gasteiger partial charge in [-0.05, 0) is 38.0 Å². The Hall–Kier alpha value is -3.16. The van der Waals surface area contributed by atoms with Crippen LogP contribution in [0.15, 0.2) is 34.9 Å². The van der Waals surface area contributed by atoms with Crippen LogP contribution in [0.4, 0.5) is 5.82 Å². The number of nitrogens with zero attached hydrogens (tertiary/aromatic N) is 2. The Morgan fingerprint density at radius 2 is 1.85 bits per heavy atom. The zero-order valence-corrected chi connectivity index (χ0v) is 15.9. The van der Waals surface area contributed by atoms with Gasteiger partial charge in [-0.15, -0.1) is 0 Å². The second kappa shape index (κ2) is 8.98. The summed E-state index contributed by atoms with van der Waals surface area (Å²) >= 11 is 0. The van der Waals surface area contributed by atoms with Gasteiger partial charge in [0.2, 0.25) is 11.8 Å². The SMILES string of the molecule is Cc1cc(NC(=O)[C@@H](C)NC(=O)CCc2ccc(C(=O)N(C)C)cc2)no1. The molecule has 1 aromatic carbocycles. The summed E-state index contributed by atoms with van der Waals surface area (Å²) in [6.07, 6.45) is 0.751. The number of carbonyl (C=O) groups excluding carboxylic acids is 3. The van der Waals surface area contributed by atoms with Crippen molar-refractivity contribution in [2.45, 2.75) is 32.7 Å². The summed E-state index contributed by atoms with van der Waals surface area (Å²) in [7, 11) is 3.39. The van der Waals surface area contributed by atoms with Crippen molar-refractivity contribution < 1.29 is 18.9 Å². The third kappa shape index (κ3) is 5.95. The van der Waals surface area contributed by atoms with E-state index in [2.05, 4.69) is 15.8 Å². The quantitative estimate of drug-likeness (QED) is 0.771. The molecule has 0 aliphatic rings. The van der Waals surface area contributed by atoms with Gasteiger partial charge in [-0.25, -0.2) is 0 Å². The molecule has 144 valence electrons. The molecule has 0 saturated heterocycles. The summed E-state index contributed by atoms with van der Waals surface area (Å²) in [6.45, 7) is 3.32. The number of hydrogen-bond acceptors (Lipinski definition) is 5. The Labute approximate surface area is 157 Å². The number of aryl methyl sites for hydroxylation is 2. The Morgan fingerprint density at radius 3 is 2.41 bits per heavy atom. The molecule has 1 heterocycles. The average molecular weight is 372 g/mol. The molecule has 0 aliphatic carbocycles. The van der Waals surface area contributed by atoms with Crippen LogP contribution in [-0.2, 0) is 16.0 Å². The van der Waals surface area contributed by atoms with E-state index >= 15 is 0 Å². The van der Waals surface area contributed by atoms with Crippen molar-refractivity contribution in [3.8, 4) is 0 Å². The number of nitrogens with one attached hydrogen (secondary N) is 2. The Bertz CT molecular complexity index is 811. The van der Waals surface area contributed by atoms with Gasteiger partial charge >= 0.3 is 0 Å². The molecule has 3 amide bonds. The monoisotopic (exact) mass is 372 g/mol. The Kier molecular flexibility index (Phi) is 6.70. The lowest BCUT2D eigenvalue weighted by atomic mass is 10.1. The smallest absolute Gasteiger partial charge is 0.253 e. The Morgan fingerprint density at radius 1 is 1.19 bits per heavy atom. The fourth-order valence-electron chi connectivity index (χ4n) is 2.37. The fourth-order valence-corrected chi connectivity index (χ4v) is 2.37. The second-order valence-electron chi connectivity index (χ2n) is 6.50. The molecule has 2 aromatic rings. The molecular weight excluding hydrogens is 348 g/mol. The van der Waals surface area contributed by atoms with Gasteiger partial charge < -0.3 is 20.1 Å². The van der Waals surface area contributed by atoms with E-state index in [0.29, 0.717) is 23.6 Å². The van der Waals surface area contributed by atoms with Crippen LogP contribution in [-0.4, -0.2) is 47.9 Å². The van der Waals surface area contributed by atoms with Crippen molar-refractivity contribution in [1.29, 1.82) is 0 Å². The molecule has 0 radical (unpaired) electrons. The fraction of sp³-hybridized carbons (Fsp3) is 0.368. The minimum Gasteiger partial charge on any atom is -0.360 e. The molecule has 1 aromatic heterocycles. The average Bonchev–Trinajstić information content (AvgIpc) is 3.04. The van der Waals surface area contributed by atoms with Gasteiger partial charge in [0.05, 0.1) is 0 Å². The van der Waals surface area contributed by atoms with E-state index < -0.39 is 6.04 Å². The molecular formula is C19H24N4O4. The first-order chi connectivity index (χ1) is 12.8. The van der Waals surface area contributed by atoms with Crippen LogP contribution in [0.25, 0.3) is 0 Å². The number of carbonyl (C=O) groups is 3. The zero-order valence-electron chi connectivity index (χ0n) is 15.9. The number of amides is 3. The van der Waals surface area contributed by atoms with Gasteiger partial charge in [-0.2, -0.15) is 0 Å². The molecule has 0 fully saturated rings. The summed E-state index contributed by atoms with van der Waals surface area (Å²) in [5.74, 6) is 0.221. The summed E-state index contributed by atoms with van der Waals surface area (Å²) < 4.78 is 4.87. The Balaban J connectivity index is 1.79. The highest BCUT2D eigenvalue weighted by atomic mass is 16.5.